The second-order valence-electron chi connectivity index (χ2n) is 7.60. The third-order valence-electron chi connectivity index (χ3n) is 5.36. The van der Waals surface area contributed by atoms with E-state index in [4.69, 9.17) is 49.3 Å². The average molecular weight is 487 g/mol. The van der Waals surface area contributed by atoms with Crippen LogP contribution in [0.15, 0.2) is 24.4 Å². The van der Waals surface area contributed by atoms with E-state index in [0.29, 0.717) is 26.4 Å². The lowest BCUT2D eigenvalue weighted by atomic mass is 10.0. The largest absolute Gasteiger partial charge is 0.379 e. The maximum absolute atomic E-state index is 5.89. The van der Waals surface area contributed by atoms with Gasteiger partial charge in [0.1, 0.15) is 11.6 Å². The van der Waals surface area contributed by atoms with Crippen molar-refractivity contribution >= 4 is 52.1 Å². The number of aromatic nitrogens is 2. The normalized spacial score (nSPS) is 17.7. The van der Waals surface area contributed by atoms with E-state index >= 15 is 0 Å². The van der Waals surface area contributed by atoms with Gasteiger partial charge >= 0.3 is 0 Å². The molecule has 168 valence electrons. The number of anilines is 3. The molecule has 7 nitrogen and oxygen atoms in total. The molecule has 0 aliphatic carbocycles. The van der Waals surface area contributed by atoms with Crippen molar-refractivity contribution in [1.82, 2.24) is 9.97 Å². The molecule has 0 amide bonds. The van der Waals surface area contributed by atoms with Crippen molar-refractivity contribution in [3.05, 3.63) is 30.1 Å². The Morgan fingerprint density at radius 3 is 2.00 bits per heavy atom. The van der Waals surface area contributed by atoms with Gasteiger partial charge in [-0.3, -0.25) is 4.98 Å². The van der Waals surface area contributed by atoms with Crippen molar-refractivity contribution in [1.29, 1.82) is 0 Å². The number of halogens is 3. The van der Waals surface area contributed by atoms with E-state index in [1.54, 1.807) is 6.20 Å². The highest BCUT2D eigenvalue weighted by Crippen LogP contribution is 2.32. The van der Waals surface area contributed by atoms with E-state index in [2.05, 4.69) is 32.2 Å². The molecular weight excluding hydrogens is 461 g/mol. The summed E-state index contributed by atoms with van der Waals surface area (Å²) in [6, 6.07) is 6.29. The van der Waals surface area contributed by atoms with Crippen LogP contribution in [0, 0.1) is 6.92 Å². The van der Waals surface area contributed by atoms with E-state index in [9.17, 15) is 0 Å². The topological polar surface area (TPSA) is 62.8 Å². The van der Waals surface area contributed by atoms with Gasteiger partial charge in [-0.25, -0.2) is 4.98 Å². The first-order valence-electron chi connectivity index (χ1n) is 10.3. The van der Waals surface area contributed by atoms with Crippen LogP contribution >= 0.6 is 34.8 Å². The minimum absolute atomic E-state index is 0.191. The highest BCUT2D eigenvalue weighted by atomic mass is 35.6. The average Bonchev–Trinajstić information content (AvgIpc) is 2.79. The van der Waals surface area contributed by atoms with Crippen LogP contribution in [0.1, 0.15) is 5.69 Å². The number of nitrogens with zero attached hydrogens (tertiary/aromatic N) is 4. The Balaban J connectivity index is 1.70. The number of rotatable bonds is 5. The maximum Gasteiger partial charge on any atom is 0.207 e. The molecule has 4 rings (SSSR count). The van der Waals surface area contributed by atoms with E-state index in [-0.39, 0.29) is 6.54 Å². The first kappa shape index (κ1) is 22.7. The summed E-state index contributed by atoms with van der Waals surface area (Å²) in [5, 5.41) is 3.15. The SMILES string of the molecule is Cc1ncc(NCC(Cl)(Cl)Cl)cc1-c1cc(N2CCOCC2)nc(N2CCOCC2)c1. The van der Waals surface area contributed by atoms with Crippen molar-refractivity contribution in [2.24, 2.45) is 0 Å². The van der Waals surface area contributed by atoms with Gasteiger partial charge in [0, 0.05) is 37.4 Å². The van der Waals surface area contributed by atoms with Crippen molar-refractivity contribution in [3.63, 3.8) is 0 Å². The summed E-state index contributed by atoms with van der Waals surface area (Å²) in [6.07, 6.45) is 1.75. The summed E-state index contributed by atoms with van der Waals surface area (Å²) in [7, 11) is 0. The molecule has 2 aromatic rings. The van der Waals surface area contributed by atoms with Crippen molar-refractivity contribution in [2.45, 2.75) is 10.7 Å². The Hall–Kier alpha value is -1.51. The molecule has 0 spiro atoms. The first-order valence-corrected chi connectivity index (χ1v) is 11.5. The van der Waals surface area contributed by atoms with Crippen LogP contribution in [0.2, 0.25) is 0 Å². The van der Waals surface area contributed by atoms with Crippen LogP contribution in [0.4, 0.5) is 17.3 Å². The molecule has 0 unspecified atom stereocenters. The van der Waals surface area contributed by atoms with Crippen LogP contribution in [-0.2, 0) is 9.47 Å². The Labute approximate surface area is 197 Å². The predicted octanol–water partition coefficient (Wildman–Crippen LogP) is 3.91. The van der Waals surface area contributed by atoms with Crippen LogP contribution in [0.3, 0.4) is 0 Å². The number of hydrogen-bond acceptors (Lipinski definition) is 7. The van der Waals surface area contributed by atoms with Crippen LogP contribution in [0.5, 0.6) is 0 Å². The quantitative estimate of drug-likeness (QED) is 0.643. The van der Waals surface area contributed by atoms with E-state index < -0.39 is 3.79 Å². The molecule has 0 saturated carbocycles. The van der Waals surface area contributed by atoms with Crippen molar-refractivity contribution in [3.8, 4) is 11.1 Å². The van der Waals surface area contributed by atoms with Crippen LogP contribution < -0.4 is 15.1 Å². The van der Waals surface area contributed by atoms with E-state index in [1.807, 2.05) is 13.0 Å². The summed E-state index contributed by atoms with van der Waals surface area (Å²) in [5.41, 5.74) is 3.79. The van der Waals surface area contributed by atoms with E-state index in [1.165, 1.54) is 0 Å². The van der Waals surface area contributed by atoms with Gasteiger partial charge in [-0.2, -0.15) is 0 Å². The first-order chi connectivity index (χ1) is 14.9. The van der Waals surface area contributed by atoms with Crippen molar-refractivity contribution in [2.75, 3.05) is 74.3 Å². The second-order valence-corrected chi connectivity index (χ2v) is 10.1. The Morgan fingerprint density at radius 1 is 0.935 bits per heavy atom. The molecule has 0 atom stereocenters. The smallest absolute Gasteiger partial charge is 0.207 e. The van der Waals surface area contributed by atoms with Crippen molar-refractivity contribution < 1.29 is 9.47 Å². The highest BCUT2D eigenvalue weighted by molar-refractivity contribution is 6.67. The summed E-state index contributed by atoms with van der Waals surface area (Å²) in [5.74, 6) is 1.89. The lowest BCUT2D eigenvalue weighted by molar-refractivity contribution is 0.121. The highest BCUT2D eigenvalue weighted by Gasteiger charge is 2.21. The second kappa shape index (κ2) is 9.96. The lowest BCUT2D eigenvalue weighted by Gasteiger charge is -2.32. The number of hydrogen-bond donors (Lipinski definition) is 1. The minimum atomic E-state index is -1.38. The predicted molar refractivity (Wildman–Crippen MR) is 127 cm³/mol. The zero-order chi connectivity index (χ0) is 21.8. The number of alkyl halides is 3. The molecule has 1 N–H and O–H groups in total. The van der Waals surface area contributed by atoms with Gasteiger partial charge in [0.25, 0.3) is 0 Å². The third-order valence-corrected chi connectivity index (χ3v) is 5.76. The maximum atomic E-state index is 5.89. The fraction of sp³-hybridized carbons (Fsp3) is 0.524. The van der Waals surface area contributed by atoms with Gasteiger partial charge in [-0.15, -0.1) is 0 Å². The summed E-state index contributed by atoms with van der Waals surface area (Å²) < 4.78 is 9.67. The molecule has 0 aromatic carbocycles. The molecule has 2 fully saturated rings. The number of morpholine rings is 2. The molecule has 0 bridgehead atoms. The van der Waals surface area contributed by atoms with Crippen LogP contribution in [0.25, 0.3) is 11.1 Å². The summed E-state index contributed by atoms with van der Waals surface area (Å²) in [6.45, 7) is 8.29. The molecule has 10 heteroatoms. The van der Waals surface area contributed by atoms with Gasteiger partial charge in [0.15, 0.2) is 0 Å². The van der Waals surface area contributed by atoms with Gasteiger partial charge in [-0.1, -0.05) is 34.8 Å². The number of aryl methyl sites for hydroxylation is 1. The fourth-order valence-corrected chi connectivity index (χ4v) is 3.89. The minimum Gasteiger partial charge on any atom is -0.379 e. The fourth-order valence-electron chi connectivity index (χ4n) is 3.69. The molecule has 2 aliphatic rings. The molecule has 2 aromatic heterocycles. The van der Waals surface area contributed by atoms with Crippen LogP contribution in [-0.4, -0.2) is 72.9 Å². The Bertz CT molecular complexity index is 861. The Kier molecular flexibility index (Phi) is 7.29. The number of nitrogens with one attached hydrogen (secondary N) is 1. The molecule has 0 radical (unpaired) electrons. The van der Waals surface area contributed by atoms with Gasteiger partial charge in [0.05, 0.1) is 44.9 Å². The summed E-state index contributed by atoms with van der Waals surface area (Å²) in [4.78, 5) is 14.1. The van der Waals surface area contributed by atoms with Gasteiger partial charge in [0.2, 0.25) is 3.79 Å². The number of pyridine rings is 2. The Morgan fingerprint density at radius 2 is 1.48 bits per heavy atom. The zero-order valence-electron chi connectivity index (χ0n) is 17.4. The molecular formula is C21H26Cl3N5O2. The standard InChI is InChI=1S/C21H26Cl3N5O2/c1-15-18(12-17(13-25-15)26-14-21(22,23)24)16-10-19(28-2-6-30-7-3-28)27-20(11-16)29-4-8-31-9-5-29/h10-13,26H,2-9,14H2,1H3. The van der Waals surface area contributed by atoms with Gasteiger partial charge < -0.3 is 24.6 Å². The summed E-state index contributed by atoms with van der Waals surface area (Å²) >= 11 is 17.7. The zero-order valence-corrected chi connectivity index (χ0v) is 19.7. The number of ether oxygens (including phenoxy) is 2. The van der Waals surface area contributed by atoms with Gasteiger partial charge in [-0.05, 0) is 30.7 Å². The molecule has 31 heavy (non-hydrogen) atoms. The monoisotopic (exact) mass is 485 g/mol. The molecule has 4 heterocycles. The lowest BCUT2D eigenvalue weighted by Crippen LogP contribution is -2.39. The molecule has 2 saturated heterocycles. The van der Waals surface area contributed by atoms with E-state index in [0.717, 1.165) is 60.3 Å². The third kappa shape index (κ3) is 6.05. The molecule has 2 aliphatic heterocycles.